The molecule has 2 N–H and O–H groups in total. The fourth-order valence-electron chi connectivity index (χ4n) is 4.77. The number of piperidine rings is 1. The number of hydrogen-bond donors (Lipinski definition) is 2. The number of nitrogens with one attached hydrogen (secondary N) is 1. The van der Waals surface area contributed by atoms with Crippen LogP contribution in [0.2, 0.25) is 0 Å². The molecule has 0 saturated carbocycles. The topological polar surface area (TPSA) is 105 Å². The molecule has 1 aromatic heterocycles. The molecule has 8 heteroatoms. The maximum Gasteiger partial charge on any atom is 0.328 e. The van der Waals surface area contributed by atoms with Crippen LogP contribution >= 0.6 is 0 Å². The Bertz CT molecular complexity index is 1260. The van der Waals surface area contributed by atoms with Crippen molar-refractivity contribution in [3.63, 3.8) is 0 Å². The van der Waals surface area contributed by atoms with Gasteiger partial charge >= 0.3 is 11.7 Å². The fourth-order valence-corrected chi connectivity index (χ4v) is 4.77. The summed E-state index contributed by atoms with van der Waals surface area (Å²) in [6, 6.07) is 14.7. The van der Waals surface area contributed by atoms with Gasteiger partial charge in [-0.2, -0.15) is 0 Å². The fraction of sp³-hybridized carbons (Fsp3) is 0.423. The summed E-state index contributed by atoms with van der Waals surface area (Å²) in [5.74, 6) is -0.583. The van der Waals surface area contributed by atoms with E-state index in [1.165, 1.54) is 4.57 Å². The van der Waals surface area contributed by atoms with Gasteiger partial charge in [0.1, 0.15) is 0 Å². The Balaban J connectivity index is 1.51. The van der Waals surface area contributed by atoms with Gasteiger partial charge in [-0.3, -0.25) is 14.2 Å². The molecule has 0 aliphatic carbocycles. The van der Waals surface area contributed by atoms with E-state index in [2.05, 4.69) is 9.88 Å². The van der Waals surface area contributed by atoms with Crippen molar-refractivity contribution >= 4 is 16.9 Å². The number of para-hydroxylation sites is 1. The van der Waals surface area contributed by atoms with E-state index < -0.39 is 11.8 Å². The molecule has 4 rings (SSSR count). The van der Waals surface area contributed by atoms with Crippen LogP contribution in [0.25, 0.3) is 10.9 Å². The van der Waals surface area contributed by atoms with Gasteiger partial charge < -0.3 is 19.7 Å². The molecule has 0 spiro atoms. The van der Waals surface area contributed by atoms with E-state index in [-0.39, 0.29) is 29.9 Å². The van der Waals surface area contributed by atoms with Gasteiger partial charge in [0.05, 0.1) is 29.5 Å². The molecule has 0 radical (unpaired) electrons. The molecule has 2 aromatic carbocycles. The highest BCUT2D eigenvalue weighted by atomic mass is 16.5. The second-order valence-corrected chi connectivity index (χ2v) is 8.83. The third-order valence-corrected chi connectivity index (χ3v) is 6.66. The Morgan fingerprint density at radius 3 is 2.59 bits per heavy atom. The molecule has 1 fully saturated rings. The molecule has 2 unspecified atom stereocenters. The van der Waals surface area contributed by atoms with Crippen molar-refractivity contribution in [1.29, 1.82) is 0 Å². The number of ether oxygens (including phenoxy) is 1. The van der Waals surface area contributed by atoms with Crippen molar-refractivity contribution in [3.05, 3.63) is 80.5 Å². The quantitative estimate of drug-likeness (QED) is 0.520. The van der Waals surface area contributed by atoms with Crippen molar-refractivity contribution in [2.24, 2.45) is 5.92 Å². The van der Waals surface area contributed by atoms with Gasteiger partial charge in [0, 0.05) is 19.6 Å². The molecule has 2 heterocycles. The van der Waals surface area contributed by atoms with E-state index in [4.69, 9.17) is 4.74 Å². The number of nitrogens with zero attached hydrogens (tertiary/aromatic N) is 2. The smallest absolute Gasteiger partial charge is 0.328 e. The van der Waals surface area contributed by atoms with Crippen LogP contribution in [0, 0.1) is 5.92 Å². The number of rotatable bonds is 7. The zero-order valence-corrected chi connectivity index (χ0v) is 19.6. The zero-order valence-electron chi connectivity index (χ0n) is 19.6. The van der Waals surface area contributed by atoms with Gasteiger partial charge in [0.15, 0.2) is 0 Å². The summed E-state index contributed by atoms with van der Waals surface area (Å²) in [4.78, 5) is 43.0. The molecule has 180 valence electrons. The lowest BCUT2D eigenvalue weighted by molar-refractivity contribution is -0.150. The van der Waals surface area contributed by atoms with E-state index in [9.17, 15) is 19.5 Å². The minimum Gasteiger partial charge on any atom is -0.466 e. The zero-order chi connectivity index (χ0) is 24.2. The van der Waals surface area contributed by atoms with Crippen molar-refractivity contribution in [2.75, 3.05) is 26.2 Å². The molecule has 1 saturated heterocycles. The lowest BCUT2D eigenvalue weighted by Crippen LogP contribution is -2.46. The Hall–Kier alpha value is -3.23. The van der Waals surface area contributed by atoms with Crippen LogP contribution in [-0.4, -0.2) is 51.8 Å². The van der Waals surface area contributed by atoms with Crippen LogP contribution < -0.4 is 11.2 Å². The summed E-state index contributed by atoms with van der Waals surface area (Å²) in [6.45, 7) is 5.77. The first-order valence-corrected chi connectivity index (χ1v) is 11.8. The Morgan fingerprint density at radius 2 is 1.88 bits per heavy atom. The maximum atomic E-state index is 12.8. The van der Waals surface area contributed by atoms with Crippen LogP contribution in [-0.2, 0) is 16.1 Å². The van der Waals surface area contributed by atoms with Crippen molar-refractivity contribution in [2.45, 2.75) is 38.8 Å². The van der Waals surface area contributed by atoms with Gasteiger partial charge in [-0.15, -0.1) is 0 Å². The summed E-state index contributed by atoms with van der Waals surface area (Å²) >= 11 is 0. The second-order valence-electron chi connectivity index (χ2n) is 8.83. The summed E-state index contributed by atoms with van der Waals surface area (Å²) in [5, 5.41) is 10.3. The number of benzene rings is 2. The van der Waals surface area contributed by atoms with E-state index in [1.54, 1.807) is 38.1 Å². The average Bonchev–Trinajstić information content (AvgIpc) is 2.84. The Kier molecular flexibility index (Phi) is 7.29. The van der Waals surface area contributed by atoms with Crippen molar-refractivity contribution in [1.82, 2.24) is 14.5 Å². The number of aromatic nitrogens is 2. The third-order valence-electron chi connectivity index (χ3n) is 6.66. The number of H-pyrrole nitrogens is 1. The molecular weight excluding hydrogens is 434 g/mol. The molecule has 8 nitrogen and oxygen atoms in total. The van der Waals surface area contributed by atoms with Crippen LogP contribution in [0.1, 0.15) is 43.4 Å². The van der Waals surface area contributed by atoms with Gasteiger partial charge in [0.25, 0.3) is 5.56 Å². The van der Waals surface area contributed by atoms with Crippen molar-refractivity contribution in [3.8, 4) is 0 Å². The van der Waals surface area contributed by atoms with E-state index >= 15 is 0 Å². The summed E-state index contributed by atoms with van der Waals surface area (Å²) < 4.78 is 6.60. The molecule has 34 heavy (non-hydrogen) atoms. The monoisotopic (exact) mass is 465 g/mol. The molecular formula is C26H31N3O5. The number of aromatic amines is 1. The molecule has 3 aromatic rings. The number of hydrogen-bond acceptors (Lipinski definition) is 6. The third kappa shape index (κ3) is 4.98. The highest BCUT2D eigenvalue weighted by Crippen LogP contribution is 2.34. The minimum atomic E-state index is -0.543. The Morgan fingerprint density at radius 1 is 1.15 bits per heavy atom. The van der Waals surface area contributed by atoms with E-state index in [0.717, 1.165) is 24.1 Å². The predicted octanol–water partition coefficient (Wildman–Crippen LogP) is 2.41. The number of carbonyl (C=O) groups is 1. The number of carbonyl (C=O) groups excluding carboxylic acids is 1. The van der Waals surface area contributed by atoms with Crippen LogP contribution in [0.4, 0.5) is 0 Å². The molecule has 1 aliphatic heterocycles. The normalized spacial score (nSPS) is 19.7. The average molecular weight is 466 g/mol. The lowest BCUT2D eigenvalue weighted by atomic mass is 9.80. The second kappa shape index (κ2) is 10.4. The summed E-state index contributed by atoms with van der Waals surface area (Å²) in [5.41, 5.74) is 1.66. The molecule has 0 amide bonds. The first-order chi connectivity index (χ1) is 16.4. The maximum absolute atomic E-state index is 12.8. The number of aliphatic hydroxyl groups excluding tert-OH is 1. The van der Waals surface area contributed by atoms with Gasteiger partial charge in [0.2, 0.25) is 0 Å². The van der Waals surface area contributed by atoms with Gasteiger partial charge in [-0.25, -0.2) is 4.79 Å². The summed E-state index contributed by atoms with van der Waals surface area (Å²) in [6.07, 6.45) is 0.207. The highest BCUT2D eigenvalue weighted by Gasteiger charge is 2.36. The molecule has 0 bridgehead atoms. The lowest BCUT2D eigenvalue weighted by Gasteiger charge is -2.37. The van der Waals surface area contributed by atoms with E-state index in [1.807, 2.05) is 24.3 Å². The molecule has 1 aliphatic rings. The standard InChI is InChI=1S/C26H31N3O5/c1-3-34-25(32)22-16-28(13-12-20(22)19-10-8-18(9-11-19)17(2)30)14-15-29-24(31)21-6-4-5-7-23(21)27-26(29)33/h4-11,17,20,22,30H,3,12-16H2,1-2H3,(H,27,33)/t17?,20-,22?/m1/s1. The first-order valence-electron chi connectivity index (χ1n) is 11.8. The summed E-state index contributed by atoms with van der Waals surface area (Å²) in [7, 11) is 0. The number of fused-ring (bicyclic) bond motifs is 1. The van der Waals surface area contributed by atoms with E-state index in [0.29, 0.717) is 30.6 Å². The van der Waals surface area contributed by atoms with Gasteiger partial charge in [-0.05, 0) is 56.0 Å². The SMILES string of the molecule is CCOC(=O)C1CN(CCn2c(=O)[nH]c3ccccc3c2=O)CC[C@@H]1c1ccc(C(C)O)cc1. The van der Waals surface area contributed by atoms with Crippen LogP contribution in [0.3, 0.4) is 0 Å². The minimum absolute atomic E-state index is 0.00476. The Labute approximate surface area is 197 Å². The highest BCUT2D eigenvalue weighted by molar-refractivity contribution is 5.77. The number of esters is 1. The van der Waals surface area contributed by atoms with Crippen molar-refractivity contribution < 1.29 is 14.6 Å². The van der Waals surface area contributed by atoms with Crippen LogP contribution in [0.5, 0.6) is 0 Å². The number of likely N-dealkylation sites (tertiary alicyclic amines) is 1. The van der Waals surface area contributed by atoms with Gasteiger partial charge in [-0.1, -0.05) is 36.4 Å². The number of aliphatic hydroxyl groups is 1. The van der Waals surface area contributed by atoms with Crippen LogP contribution in [0.15, 0.2) is 58.1 Å². The first kappa shape index (κ1) is 23.9. The predicted molar refractivity (Wildman–Crippen MR) is 130 cm³/mol. The molecule has 3 atom stereocenters. The largest absolute Gasteiger partial charge is 0.466 e.